The van der Waals surface area contributed by atoms with E-state index in [1.165, 1.54) is 11.1 Å². The van der Waals surface area contributed by atoms with Crippen molar-refractivity contribution < 1.29 is 14.3 Å². The zero-order chi connectivity index (χ0) is 28.3. The van der Waals surface area contributed by atoms with Crippen LogP contribution in [-0.4, -0.2) is 15.9 Å². The molecular weight excluding hydrogens is 463 g/mol. The Balaban J connectivity index is 2.96. The Kier molecular flexibility index (Phi) is 7.79. The van der Waals surface area contributed by atoms with Crippen LogP contribution >= 0.6 is 7.28 Å². The summed E-state index contributed by atoms with van der Waals surface area (Å²) in [7, 11) is -4.84. The van der Waals surface area contributed by atoms with Gasteiger partial charge >= 0.3 is 222 Å². The Hall–Kier alpha value is -1.41. The van der Waals surface area contributed by atoms with Crippen molar-refractivity contribution in [1.82, 2.24) is 0 Å². The molecule has 3 nitrogen and oxygen atoms in total. The number of hydrogen-bond donors (Lipinski definition) is 2. The van der Waals surface area contributed by atoms with E-state index in [0.29, 0.717) is 11.1 Å². The molecule has 0 atom stereocenters. The van der Waals surface area contributed by atoms with Crippen molar-refractivity contribution in [3.05, 3.63) is 57.6 Å². The van der Waals surface area contributed by atoms with Gasteiger partial charge in [0, 0.05) is 0 Å². The summed E-state index contributed by atoms with van der Waals surface area (Å²) in [4.78, 5) is 24.9. The van der Waals surface area contributed by atoms with Crippen LogP contribution in [0.4, 0.5) is 0 Å². The molecule has 2 aromatic carbocycles. The Labute approximate surface area is 221 Å². The van der Waals surface area contributed by atoms with E-state index in [-0.39, 0.29) is 27.8 Å². The molecule has 0 fully saturated rings. The fourth-order valence-corrected chi connectivity index (χ4v) is 7.55. The summed E-state index contributed by atoms with van der Waals surface area (Å²) in [6.07, 6.45) is 0.106. The molecular formula is C32H53O3P. The Morgan fingerprint density at radius 1 is 0.611 bits per heavy atom. The molecule has 0 aliphatic rings. The number of benzene rings is 2. The maximum atomic E-state index is 12.4. The van der Waals surface area contributed by atoms with Gasteiger partial charge in [0.15, 0.2) is 0 Å². The van der Waals surface area contributed by atoms with Crippen LogP contribution in [0.1, 0.15) is 123 Å². The molecule has 36 heavy (non-hydrogen) atoms. The molecule has 0 aromatic heterocycles. The van der Waals surface area contributed by atoms with E-state index in [0.717, 1.165) is 22.3 Å². The SMILES string of the molecule is CCP(O)(O)(Oc1c(C)cc(C(C)(C)C)cc1C(C)(C)C)c1c(C)cc(C(C)(C)C)cc1C(C)(C)C. The van der Waals surface area contributed by atoms with E-state index in [9.17, 15) is 9.79 Å². The van der Waals surface area contributed by atoms with Crippen LogP contribution in [0, 0.1) is 13.8 Å². The molecule has 0 spiro atoms. The van der Waals surface area contributed by atoms with Gasteiger partial charge in [-0.05, 0) is 0 Å². The quantitative estimate of drug-likeness (QED) is 0.401. The van der Waals surface area contributed by atoms with E-state index in [1.807, 2.05) is 20.8 Å². The van der Waals surface area contributed by atoms with Crippen molar-refractivity contribution in [2.75, 3.05) is 6.16 Å². The van der Waals surface area contributed by atoms with Crippen LogP contribution in [0.2, 0.25) is 0 Å². The van der Waals surface area contributed by atoms with Crippen LogP contribution in [0.5, 0.6) is 5.75 Å². The first-order valence-electron chi connectivity index (χ1n) is 13.3. The number of aryl methyl sites for hydroxylation is 2. The molecule has 0 saturated carbocycles. The van der Waals surface area contributed by atoms with Gasteiger partial charge in [0.05, 0.1) is 0 Å². The van der Waals surface area contributed by atoms with E-state index in [2.05, 4.69) is 107 Å². The Morgan fingerprint density at radius 2 is 1.00 bits per heavy atom. The zero-order valence-corrected chi connectivity index (χ0v) is 26.7. The van der Waals surface area contributed by atoms with Gasteiger partial charge in [-0.1, -0.05) is 0 Å². The summed E-state index contributed by atoms with van der Waals surface area (Å²) in [6, 6.07) is 8.60. The molecule has 0 aliphatic carbocycles. The summed E-state index contributed by atoms with van der Waals surface area (Å²) in [5.41, 5.74) is 5.52. The van der Waals surface area contributed by atoms with Crippen LogP contribution in [0.15, 0.2) is 24.3 Å². The van der Waals surface area contributed by atoms with Gasteiger partial charge in [0.25, 0.3) is 0 Å². The average Bonchev–Trinajstić information content (AvgIpc) is 2.65. The molecule has 0 aliphatic heterocycles. The van der Waals surface area contributed by atoms with Gasteiger partial charge in [0.1, 0.15) is 0 Å². The first-order chi connectivity index (χ1) is 15.8. The predicted octanol–water partition coefficient (Wildman–Crippen LogP) is 8.50. The molecule has 2 aromatic rings. The van der Waals surface area contributed by atoms with E-state index >= 15 is 0 Å². The second-order valence-corrected chi connectivity index (χ2v) is 18.4. The monoisotopic (exact) mass is 516 g/mol. The summed E-state index contributed by atoms with van der Waals surface area (Å²) < 4.78 is 6.66. The van der Waals surface area contributed by atoms with Gasteiger partial charge in [-0.25, -0.2) is 0 Å². The van der Waals surface area contributed by atoms with Crippen molar-refractivity contribution in [2.45, 2.75) is 126 Å². The van der Waals surface area contributed by atoms with Crippen molar-refractivity contribution in [2.24, 2.45) is 0 Å². The molecule has 0 saturated heterocycles. The second-order valence-electron chi connectivity index (χ2n) is 14.9. The van der Waals surface area contributed by atoms with Crippen molar-refractivity contribution >= 4 is 12.6 Å². The third-order valence-electron chi connectivity index (χ3n) is 7.23. The molecule has 0 bridgehead atoms. The molecule has 0 heterocycles. The standard InChI is InChI=1S/C32H53O3P/c1-16-36(33,34,28-22(3)18-24(30(7,8)9)20-26(28)32(13,14)15)35-27-21(2)17-23(29(4,5)6)19-25(27)31(10,11)12/h17-20,33-34H,16H2,1-15H3. The van der Waals surface area contributed by atoms with Crippen molar-refractivity contribution in [1.29, 1.82) is 0 Å². The first-order valence-corrected chi connectivity index (χ1v) is 15.6. The maximum absolute atomic E-state index is 12.4. The zero-order valence-electron chi connectivity index (χ0n) is 25.8. The minimum atomic E-state index is -4.84. The summed E-state index contributed by atoms with van der Waals surface area (Å²) in [5, 5.41) is 0.572. The van der Waals surface area contributed by atoms with Crippen LogP contribution < -0.4 is 9.83 Å². The molecule has 2 N–H and O–H groups in total. The Morgan fingerprint density at radius 3 is 1.36 bits per heavy atom. The average molecular weight is 517 g/mol. The van der Waals surface area contributed by atoms with Gasteiger partial charge in [-0.15, -0.1) is 0 Å². The third-order valence-corrected chi connectivity index (χ3v) is 10.4. The second kappa shape index (κ2) is 9.11. The molecule has 0 amide bonds. The van der Waals surface area contributed by atoms with Crippen LogP contribution in [0.25, 0.3) is 0 Å². The van der Waals surface area contributed by atoms with Crippen molar-refractivity contribution in [3.63, 3.8) is 0 Å². The van der Waals surface area contributed by atoms with E-state index in [1.54, 1.807) is 0 Å². The molecule has 4 heteroatoms. The molecule has 0 unspecified atom stereocenters. The van der Waals surface area contributed by atoms with E-state index in [4.69, 9.17) is 4.52 Å². The number of rotatable bonds is 4. The summed E-state index contributed by atoms with van der Waals surface area (Å²) >= 11 is 0. The van der Waals surface area contributed by atoms with Gasteiger partial charge in [-0.3, -0.25) is 0 Å². The number of hydrogen-bond acceptors (Lipinski definition) is 3. The van der Waals surface area contributed by atoms with Gasteiger partial charge < -0.3 is 0 Å². The minimum absolute atomic E-state index is 0.0310. The normalized spacial score (nSPS) is 15.0. The van der Waals surface area contributed by atoms with Crippen molar-refractivity contribution in [3.8, 4) is 5.75 Å². The molecule has 2 rings (SSSR count). The third kappa shape index (κ3) is 6.17. The topological polar surface area (TPSA) is 49.7 Å². The van der Waals surface area contributed by atoms with Crippen LogP contribution in [0.3, 0.4) is 0 Å². The Bertz CT molecular complexity index is 1130. The van der Waals surface area contributed by atoms with Gasteiger partial charge in [-0.2, -0.15) is 0 Å². The summed E-state index contributed by atoms with van der Waals surface area (Å²) in [6.45, 7) is 31.9. The van der Waals surface area contributed by atoms with E-state index < -0.39 is 7.28 Å². The molecule has 0 radical (unpaired) electrons. The fourth-order valence-electron chi connectivity index (χ4n) is 4.73. The van der Waals surface area contributed by atoms with Crippen LogP contribution in [-0.2, 0) is 21.7 Å². The first kappa shape index (κ1) is 30.8. The fraction of sp³-hybridized carbons (Fsp3) is 0.625. The summed E-state index contributed by atoms with van der Waals surface area (Å²) in [5.74, 6) is 0.596. The molecule has 204 valence electrons. The predicted molar refractivity (Wildman–Crippen MR) is 159 cm³/mol. The van der Waals surface area contributed by atoms with Gasteiger partial charge in [0.2, 0.25) is 0 Å².